The zero-order valence-electron chi connectivity index (χ0n) is 31.7. The van der Waals surface area contributed by atoms with Crippen molar-refractivity contribution in [1.29, 1.82) is 21.6 Å². The van der Waals surface area contributed by atoms with Crippen molar-refractivity contribution in [3.05, 3.63) is 212 Å². The summed E-state index contributed by atoms with van der Waals surface area (Å²) in [5, 5.41) is 34.7. The van der Waals surface area contributed by atoms with E-state index in [0.717, 1.165) is 0 Å². The minimum atomic E-state index is -0.809. The van der Waals surface area contributed by atoms with E-state index in [4.69, 9.17) is 21.6 Å². The Morgan fingerprint density at radius 1 is 0.286 bits per heavy atom. The molecular weight excluding hydrogens is 840 g/mol. The molecule has 0 bridgehead atoms. The average Bonchev–Trinajstić information content (AvgIpc) is 3.29. The maximum atomic E-state index is 6.00. The monoisotopic (exact) mass is 892 g/mol. The third-order valence-corrected chi connectivity index (χ3v) is 21.3. The van der Waals surface area contributed by atoms with Crippen molar-refractivity contribution in [3.63, 3.8) is 0 Å². The van der Waals surface area contributed by atoms with Crippen LogP contribution in [-0.2, 0) is 21.1 Å². The average molecular weight is 891 g/mol. The van der Waals surface area contributed by atoms with Crippen molar-refractivity contribution >= 4 is 68.8 Å². The van der Waals surface area contributed by atoms with Gasteiger partial charge in [-0.1, -0.05) is 127 Å². The van der Waals surface area contributed by atoms with Crippen LogP contribution < -0.4 is 37.1 Å². The molecule has 0 saturated carbocycles. The molecule has 56 heavy (non-hydrogen) atoms. The van der Waals surface area contributed by atoms with Crippen LogP contribution in [0.5, 0.6) is 0 Å². The van der Waals surface area contributed by atoms with Gasteiger partial charge < -0.3 is 0 Å². The first-order valence-electron chi connectivity index (χ1n) is 18.4. The van der Waals surface area contributed by atoms with Crippen LogP contribution in [0.4, 0.5) is 0 Å². The van der Waals surface area contributed by atoms with E-state index < -0.39 is 31.7 Å². The molecule has 0 saturated heterocycles. The van der Waals surface area contributed by atoms with Gasteiger partial charge in [0.15, 0.2) is 0 Å². The van der Waals surface area contributed by atoms with Gasteiger partial charge in [-0.2, -0.15) is 0 Å². The number of hydrogen-bond donors (Lipinski definition) is 0. The van der Waals surface area contributed by atoms with E-state index in [2.05, 4.69) is 219 Å². The van der Waals surface area contributed by atoms with E-state index in [-0.39, 0.29) is 21.1 Å². The summed E-state index contributed by atoms with van der Waals surface area (Å²) in [4.78, 5) is 0. The van der Waals surface area contributed by atoms with Gasteiger partial charge in [-0.3, -0.25) is 0 Å². The van der Waals surface area contributed by atoms with Gasteiger partial charge in [0, 0.05) is 50.6 Å². The minimum Gasteiger partial charge on any atom is -0.0620 e. The fourth-order valence-corrected chi connectivity index (χ4v) is 18.5. The Morgan fingerprint density at radius 2 is 0.482 bits per heavy atom. The van der Waals surface area contributed by atoms with Crippen molar-refractivity contribution in [1.82, 2.24) is 0 Å². The fraction of sp³-hybridized carbons (Fsp3) is 0.106. The SMILES string of the molecule is C[PH+](c1ccccc1)c1ccccc1.N#N.N#N.[Mo].c1ccc([PH+](CC[PH+](c2ccccc2)c2ccccc2)CC[PH+](c2ccccc2)c2ccccc2)cc1. The molecule has 0 amide bonds. The molecule has 0 spiro atoms. The zero-order valence-corrected chi connectivity index (χ0v) is 37.7. The smallest absolute Gasteiger partial charge is 0.0620 e. The predicted molar refractivity (Wildman–Crippen MR) is 248 cm³/mol. The second-order valence-electron chi connectivity index (χ2n) is 12.7. The summed E-state index contributed by atoms with van der Waals surface area (Å²) < 4.78 is 0. The third kappa shape index (κ3) is 14.7. The summed E-state index contributed by atoms with van der Waals surface area (Å²) >= 11 is 0. The largest absolute Gasteiger partial charge is 0.100 e. The summed E-state index contributed by atoms with van der Waals surface area (Å²) in [7, 11) is -2.85. The summed E-state index contributed by atoms with van der Waals surface area (Å²) in [6.45, 7) is 2.34. The van der Waals surface area contributed by atoms with Crippen LogP contribution >= 0.6 is 31.7 Å². The van der Waals surface area contributed by atoms with E-state index in [1.165, 1.54) is 56.5 Å². The van der Waals surface area contributed by atoms with Gasteiger partial charge in [0.2, 0.25) is 0 Å². The van der Waals surface area contributed by atoms with Crippen molar-refractivity contribution in [2.45, 2.75) is 0 Å². The molecule has 0 radical (unpaired) electrons. The molecule has 0 aliphatic heterocycles. The Morgan fingerprint density at radius 3 is 0.714 bits per heavy atom. The Hall–Kier alpha value is -4.21. The first-order valence-corrected chi connectivity index (χ1v) is 25.8. The molecule has 4 nitrogen and oxygen atoms in total. The van der Waals surface area contributed by atoms with Crippen LogP contribution in [-0.4, -0.2) is 31.3 Å². The molecule has 0 heterocycles. The molecular formula is C47H50MoN4P4+4. The molecule has 0 N–H and O–H groups in total. The van der Waals surface area contributed by atoms with Crippen LogP contribution in [0, 0.1) is 21.6 Å². The standard InChI is InChI=1S/C34H33P3.C13H13P.Mo.2N2/c1-6-16-30(17-7-1)35(26-28-36(31-18-8-2-9-19-31)32-20-10-3-11-21-32)27-29-37(33-22-12-4-13-23-33)34-24-14-5-15-25-34;1-14(12-8-4-2-5-9-12)13-10-6-3-7-11-13;;2*1-2/h1-25H,26-29H2;2-11H,1H3;;;/p+4. The van der Waals surface area contributed by atoms with Gasteiger partial charge in [-0.15, -0.1) is 0 Å². The molecule has 7 aromatic carbocycles. The van der Waals surface area contributed by atoms with E-state index in [1.807, 2.05) is 0 Å². The number of rotatable bonds is 13. The van der Waals surface area contributed by atoms with Crippen molar-refractivity contribution < 1.29 is 21.1 Å². The van der Waals surface area contributed by atoms with Crippen LogP contribution in [0.25, 0.3) is 0 Å². The van der Waals surface area contributed by atoms with Crippen LogP contribution in [0.3, 0.4) is 0 Å². The Kier molecular flexibility index (Phi) is 22.6. The van der Waals surface area contributed by atoms with Gasteiger partial charge in [-0.25, -0.2) is 0 Å². The van der Waals surface area contributed by atoms with Crippen molar-refractivity contribution in [2.24, 2.45) is 0 Å². The Bertz CT molecular complexity index is 1850. The first-order chi connectivity index (χ1) is 27.3. The van der Waals surface area contributed by atoms with E-state index in [1.54, 1.807) is 5.30 Å². The molecule has 7 rings (SSSR count). The predicted octanol–water partition coefficient (Wildman–Crippen LogP) is 8.80. The van der Waals surface area contributed by atoms with Gasteiger partial charge in [0.1, 0.15) is 12.3 Å². The molecule has 280 valence electrons. The molecule has 0 fully saturated rings. The number of hydrogen-bond acceptors (Lipinski definition) is 4. The molecule has 0 aliphatic rings. The summed E-state index contributed by atoms with van der Waals surface area (Å²) in [6.07, 6.45) is 5.23. The normalized spacial score (nSPS) is 10.2. The quantitative estimate of drug-likeness (QED) is 0.0658. The summed E-state index contributed by atoms with van der Waals surface area (Å²) in [5.41, 5.74) is 0. The Labute approximate surface area is 353 Å². The first kappa shape index (κ1) is 46.2. The molecule has 0 aliphatic carbocycles. The summed E-state index contributed by atoms with van der Waals surface area (Å²) in [5.74, 6) is 0. The summed E-state index contributed by atoms with van der Waals surface area (Å²) in [6, 6.07) is 78.0. The molecule has 9 heteroatoms. The van der Waals surface area contributed by atoms with Crippen LogP contribution in [0.2, 0.25) is 0 Å². The van der Waals surface area contributed by atoms with E-state index >= 15 is 0 Å². The second kappa shape index (κ2) is 27.4. The number of benzene rings is 7. The Balaban J connectivity index is 0.000000370. The van der Waals surface area contributed by atoms with Crippen LogP contribution in [0.15, 0.2) is 212 Å². The molecule has 0 unspecified atom stereocenters. The maximum absolute atomic E-state index is 6.00. The van der Waals surface area contributed by atoms with Gasteiger partial charge >= 0.3 is 0 Å². The molecule has 0 aromatic heterocycles. The molecule has 0 atom stereocenters. The third-order valence-electron chi connectivity index (χ3n) is 9.44. The van der Waals surface area contributed by atoms with E-state index in [0.29, 0.717) is 0 Å². The maximum Gasteiger partial charge on any atom is 0.100 e. The molecule has 7 aromatic rings. The van der Waals surface area contributed by atoms with Gasteiger partial charge in [0.05, 0.1) is 79.9 Å². The van der Waals surface area contributed by atoms with Crippen LogP contribution in [0.1, 0.15) is 0 Å². The fourth-order valence-electron chi connectivity index (χ4n) is 6.65. The minimum absolute atomic E-state index is 0. The van der Waals surface area contributed by atoms with Crippen molar-refractivity contribution in [3.8, 4) is 0 Å². The van der Waals surface area contributed by atoms with E-state index in [9.17, 15) is 0 Å². The van der Waals surface area contributed by atoms with Crippen molar-refractivity contribution in [2.75, 3.05) is 31.3 Å². The zero-order chi connectivity index (χ0) is 38.9. The topological polar surface area (TPSA) is 95.2 Å². The van der Waals surface area contributed by atoms with Gasteiger partial charge in [0.25, 0.3) is 0 Å². The van der Waals surface area contributed by atoms with Gasteiger partial charge in [-0.05, 0) is 84.9 Å². The second-order valence-corrected chi connectivity index (χ2v) is 23.2. The number of nitrogens with zero attached hydrogens (tertiary/aromatic N) is 4.